The highest BCUT2D eigenvalue weighted by Gasteiger charge is 2.11. The van der Waals surface area contributed by atoms with E-state index in [9.17, 15) is 0 Å². The molecule has 80 valence electrons. The topological polar surface area (TPSA) is 25.2 Å². The number of rotatable bonds is 3. The molecule has 0 amide bonds. The number of halogens is 2. The number of likely N-dealkylation sites (N-methyl/N-ethyl adjacent to an activating group) is 1. The molecule has 0 aliphatic heterocycles. The van der Waals surface area contributed by atoms with Crippen LogP contribution >= 0.6 is 27.5 Å². The van der Waals surface area contributed by atoms with Crippen LogP contribution in [0.3, 0.4) is 0 Å². The van der Waals surface area contributed by atoms with Crippen molar-refractivity contribution >= 4 is 38.5 Å². The Morgan fingerprint density at radius 3 is 3.00 bits per heavy atom. The Hall–Kier alpha value is -0.510. The molecule has 1 N–H and O–H groups in total. The third-order valence-corrected chi connectivity index (χ3v) is 3.30. The monoisotopic (exact) mass is 287 g/mol. The molecule has 2 nitrogen and oxygen atoms in total. The molecular formula is C11H11BrClNO. The highest BCUT2D eigenvalue weighted by atomic mass is 79.9. The first-order chi connectivity index (χ1) is 7.24. The molecule has 0 saturated heterocycles. The van der Waals surface area contributed by atoms with Gasteiger partial charge in [-0.2, -0.15) is 0 Å². The summed E-state index contributed by atoms with van der Waals surface area (Å²) < 4.78 is 6.50. The van der Waals surface area contributed by atoms with E-state index >= 15 is 0 Å². The lowest BCUT2D eigenvalue weighted by molar-refractivity contribution is 0.609. The van der Waals surface area contributed by atoms with Crippen molar-refractivity contribution in [1.82, 2.24) is 5.32 Å². The van der Waals surface area contributed by atoms with Gasteiger partial charge >= 0.3 is 0 Å². The van der Waals surface area contributed by atoms with Crippen molar-refractivity contribution in [3.05, 3.63) is 33.5 Å². The summed E-state index contributed by atoms with van der Waals surface area (Å²) in [4.78, 5) is 0. The molecule has 0 unspecified atom stereocenters. The molecular weight excluding hydrogens is 277 g/mol. The van der Waals surface area contributed by atoms with Gasteiger partial charge in [0, 0.05) is 15.4 Å². The largest absolute Gasteiger partial charge is 0.462 e. The number of nitrogens with one attached hydrogen (secondary N) is 1. The minimum Gasteiger partial charge on any atom is -0.462 e. The van der Waals surface area contributed by atoms with Crippen molar-refractivity contribution in [1.29, 1.82) is 0 Å². The van der Waals surface area contributed by atoms with Crippen LogP contribution in [0.15, 0.2) is 27.3 Å². The third kappa shape index (κ3) is 2.05. The van der Waals surface area contributed by atoms with Crippen LogP contribution < -0.4 is 5.32 Å². The molecule has 15 heavy (non-hydrogen) atoms. The van der Waals surface area contributed by atoms with E-state index in [1.807, 2.05) is 19.2 Å². The fourth-order valence-corrected chi connectivity index (χ4v) is 2.35. The number of hydrogen-bond donors (Lipinski definition) is 1. The Morgan fingerprint density at radius 1 is 1.47 bits per heavy atom. The third-order valence-electron chi connectivity index (χ3n) is 2.34. The first-order valence-electron chi connectivity index (χ1n) is 4.72. The van der Waals surface area contributed by atoms with Gasteiger partial charge in [0.05, 0.1) is 11.3 Å². The van der Waals surface area contributed by atoms with Gasteiger partial charge in [-0.15, -0.1) is 0 Å². The molecule has 0 spiro atoms. The summed E-state index contributed by atoms with van der Waals surface area (Å²) in [6.45, 7) is 0.924. The smallest absolute Gasteiger partial charge is 0.153 e. The summed E-state index contributed by atoms with van der Waals surface area (Å²) in [5.74, 6) is 0. The fourth-order valence-electron chi connectivity index (χ4n) is 1.58. The van der Waals surface area contributed by atoms with Gasteiger partial charge < -0.3 is 9.73 Å². The van der Waals surface area contributed by atoms with Crippen molar-refractivity contribution in [2.75, 3.05) is 13.6 Å². The molecule has 1 aromatic heterocycles. The molecule has 2 rings (SSSR count). The van der Waals surface area contributed by atoms with E-state index in [-0.39, 0.29) is 0 Å². The lowest BCUT2D eigenvalue weighted by Crippen LogP contribution is -2.09. The Kier molecular flexibility index (Phi) is 3.34. The molecule has 0 bridgehead atoms. The van der Waals surface area contributed by atoms with Crippen molar-refractivity contribution in [3.63, 3.8) is 0 Å². The molecule has 0 radical (unpaired) electrons. The second kappa shape index (κ2) is 4.56. The second-order valence-corrected chi connectivity index (χ2v) is 4.61. The molecule has 4 heteroatoms. The van der Waals surface area contributed by atoms with E-state index in [1.165, 1.54) is 5.56 Å². The summed E-state index contributed by atoms with van der Waals surface area (Å²) >= 11 is 9.56. The normalized spacial score (nSPS) is 11.1. The zero-order valence-electron chi connectivity index (χ0n) is 8.31. The summed E-state index contributed by atoms with van der Waals surface area (Å²) in [5, 5.41) is 4.85. The predicted octanol–water partition coefficient (Wildman–Crippen LogP) is 3.61. The average molecular weight is 289 g/mol. The van der Waals surface area contributed by atoms with E-state index in [4.69, 9.17) is 16.0 Å². The second-order valence-electron chi connectivity index (χ2n) is 3.35. The van der Waals surface area contributed by atoms with Crippen LogP contribution in [-0.4, -0.2) is 13.6 Å². The Labute approximate surface area is 102 Å². The predicted molar refractivity (Wildman–Crippen MR) is 66.6 cm³/mol. The van der Waals surface area contributed by atoms with E-state index in [2.05, 4.69) is 21.2 Å². The van der Waals surface area contributed by atoms with Crippen LogP contribution in [0.4, 0.5) is 0 Å². The maximum Gasteiger partial charge on any atom is 0.153 e. The van der Waals surface area contributed by atoms with Gasteiger partial charge in [-0.3, -0.25) is 0 Å². The van der Waals surface area contributed by atoms with Gasteiger partial charge in [-0.1, -0.05) is 27.5 Å². The van der Waals surface area contributed by atoms with Crippen LogP contribution in [0.1, 0.15) is 5.56 Å². The maximum absolute atomic E-state index is 6.05. The first kappa shape index (κ1) is 11.0. The average Bonchev–Trinajstić information content (AvgIpc) is 2.65. The standard InChI is InChI=1S/C11H11BrClNO/c1-14-5-4-7-6-15-11-9(13)3-2-8(12)10(7)11/h2-3,6,14H,4-5H2,1H3. The van der Waals surface area contributed by atoms with Gasteiger partial charge in [-0.25, -0.2) is 0 Å². The molecule has 0 saturated carbocycles. The summed E-state index contributed by atoms with van der Waals surface area (Å²) in [6, 6.07) is 3.78. The number of benzene rings is 1. The Morgan fingerprint density at radius 2 is 2.27 bits per heavy atom. The number of hydrogen-bond acceptors (Lipinski definition) is 2. The highest BCUT2D eigenvalue weighted by molar-refractivity contribution is 9.10. The minimum absolute atomic E-state index is 0.656. The molecule has 0 aliphatic carbocycles. The zero-order chi connectivity index (χ0) is 10.8. The lowest BCUT2D eigenvalue weighted by Gasteiger charge is -2.00. The van der Waals surface area contributed by atoms with E-state index in [1.54, 1.807) is 6.26 Å². The zero-order valence-corrected chi connectivity index (χ0v) is 10.7. The van der Waals surface area contributed by atoms with Crippen LogP contribution in [0.25, 0.3) is 11.0 Å². The van der Waals surface area contributed by atoms with Crippen LogP contribution in [-0.2, 0) is 6.42 Å². The van der Waals surface area contributed by atoms with Crippen molar-refractivity contribution < 1.29 is 4.42 Å². The van der Waals surface area contributed by atoms with Crippen LogP contribution in [0.2, 0.25) is 5.02 Å². The number of fused-ring (bicyclic) bond motifs is 1. The van der Waals surface area contributed by atoms with Gasteiger partial charge in [0.15, 0.2) is 5.58 Å². The fraction of sp³-hybridized carbons (Fsp3) is 0.273. The van der Waals surface area contributed by atoms with Crippen molar-refractivity contribution in [2.45, 2.75) is 6.42 Å². The van der Waals surface area contributed by atoms with Gasteiger partial charge in [0.2, 0.25) is 0 Å². The van der Waals surface area contributed by atoms with Gasteiger partial charge in [0.25, 0.3) is 0 Å². The van der Waals surface area contributed by atoms with Crippen LogP contribution in [0, 0.1) is 0 Å². The minimum atomic E-state index is 0.656. The van der Waals surface area contributed by atoms with Gasteiger partial charge in [-0.05, 0) is 32.1 Å². The van der Waals surface area contributed by atoms with E-state index < -0.39 is 0 Å². The molecule has 1 aromatic carbocycles. The quantitative estimate of drug-likeness (QED) is 0.933. The first-order valence-corrected chi connectivity index (χ1v) is 5.90. The van der Waals surface area contributed by atoms with Crippen molar-refractivity contribution in [2.24, 2.45) is 0 Å². The molecule has 0 aliphatic rings. The SMILES string of the molecule is CNCCc1coc2c(Cl)ccc(Br)c12. The maximum atomic E-state index is 6.05. The molecule has 0 atom stereocenters. The summed E-state index contributed by atoms with van der Waals surface area (Å²) in [7, 11) is 1.93. The molecule has 2 aromatic rings. The highest BCUT2D eigenvalue weighted by Crippen LogP contribution is 2.34. The summed E-state index contributed by atoms with van der Waals surface area (Å²) in [6.07, 6.45) is 2.71. The van der Waals surface area contributed by atoms with Gasteiger partial charge in [0.1, 0.15) is 0 Å². The van der Waals surface area contributed by atoms with E-state index in [0.29, 0.717) is 5.02 Å². The Balaban J connectivity index is 2.53. The lowest BCUT2D eigenvalue weighted by atomic mass is 10.1. The van der Waals surface area contributed by atoms with E-state index in [0.717, 1.165) is 28.4 Å². The number of furan rings is 1. The van der Waals surface area contributed by atoms with Crippen LogP contribution in [0.5, 0.6) is 0 Å². The summed E-state index contributed by atoms with van der Waals surface area (Å²) in [5.41, 5.74) is 1.94. The molecule has 0 fully saturated rings. The van der Waals surface area contributed by atoms with Crippen molar-refractivity contribution in [3.8, 4) is 0 Å². The molecule has 1 heterocycles. The Bertz CT molecular complexity index is 481.